The molecule has 0 atom stereocenters. The van der Waals surface area contributed by atoms with E-state index in [-0.39, 0.29) is 11.7 Å². The Morgan fingerprint density at radius 1 is 1.10 bits per heavy atom. The number of benzene rings is 1. The predicted molar refractivity (Wildman–Crippen MR) is 77.7 cm³/mol. The summed E-state index contributed by atoms with van der Waals surface area (Å²) in [7, 11) is 0. The van der Waals surface area contributed by atoms with Gasteiger partial charge in [0.2, 0.25) is 0 Å². The minimum Gasteiger partial charge on any atom is -0.293 e. The standard InChI is InChI=1S/C17H15NO2/c1-17(2)9-8-13-10-18(11-14(13)15(17)19)16(20)12-6-4-3-5-7-12/h3-11H,1-2H3. The summed E-state index contributed by atoms with van der Waals surface area (Å²) in [5, 5.41) is 0. The van der Waals surface area contributed by atoms with Crippen LogP contribution < -0.4 is 0 Å². The number of ketones is 1. The normalized spacial score (nSPS) is 16.0. The molecule has 3 rings (SSSR count). The van der Waals surface area contributed by atoms with E-state index in [2.05, 4.69) is 0 Å². The maximum absolute atomic E-state index is 12.4. The van der Waals surface area contributed by atoms with E-state index in [1.54, 1.807) is 24.5 Å². The van der Waals surface area contributed by atoms with E-state index in [1.807, 2.05) is 44.2 Å². The zero-order valence-electron chi connectivity index (χ0n) is 11.5. The van der Waals surface area contributed by atoms with Gasteiger partial charge < -0.3 is 0 Å². The highest BCUT2D eigenvalue weighted by Crippen LogP contribution is 2.32. The average Bonchev–Trinajstić information content (AvgIpc) is 2.88. The predicted octanol–water partition coefficient (Wildman–Crippen LogP) is 3.41. The molecule has 0 unspecified atom stereocenters. The number of hydrogen-bond acceptors (Lipinski definition) is 2. The Morgan fingerprint density at radius 3 is 2.50 bits per heavy atom. The van der Waals surface area contributed by atoms with Crippen LogP contribution in [0.3, 0.4) is 0 Å². The van der Waals surface area contributed by atoms with Crippen molar-refractivity contribution in [2.75, 3.05) is 0 Å². The molecule has 0 radical (unpaired) electrons. The highest BCUT2D eigenvalue weighted by atomic mass is 16.2. The van der Waals surface area contributed by atoms with Crippen molar-refractivity contribution in [3.8, 4) is 0 Å². The van der Waals surface area contributed by atoms with Gasteiger partial charge in [0, 0.05) is 34.5 Å². The third-order valence-corrected chi connectivity index (χ3v) is 3.62. The molecule has 0 spiro atoms. The molecule has 1 heterocycles. The molecular formula is C17H15NO2. The topological polar surface area (TPSA) is 39.1 Å². The first-order valence-corrected chi connectivity index (χ1v) is 6.55. The molecule has 0 saturated heterocycles. The number of rotatable bonds is 1. The monoisotopic (exact) mass is 265 g/mol. The highest BCUT2D eigenvalue weighted by molar-refractivity contribution is 6.08. The van der Waals surface area contributed by atoms with Crippen LogP contribution >= 0.6 is 0 Å². The summed E-state index contributed by atoms with van der Waals surface area (Å²) in [5.74, 6) is -0.0754. The van der Waals surface area contributed by atoms with Crippen molar-refractivity contribution in [2.45, 2.75) is 13.8 Å². The quantitative estimate of drug-likeness (QED) is 0.792. The molecule has 1 aliphatic rings. The molecule has 2 aromatic rings. The van der Waals surface area contributed by atoms with Crippen LogP contribution in [0.5, 0.6) is 0 Å². The summed E-state index contributed by atoms with van der Waals surface area (Å²) in [4.78, 5) is 24.7. The molecule has 1 aliphatic carbocycles. The van der Waals surface area contributed by atoms with Crippen LogP contribution in [0.15, 0.2) is 48.8 Å². The Morgan fingerprint density at radius 2 is 1.80 bits per heavy atom. The molecule has 0 N–H and O–H groups in total. The van der Waals surface area contributed by atoms with Crippen LogP contribution in [-0.4, -0.2) is 16.3 Å². The molecular weight excluding hydrogens is 250 g/mol. The van der Waals surface area contributed by atoms with Gasteiger partial charge in [0.15, 0.2) is 5.78 Å². The summed E-state index contributed by atoms with van der Waals surface area (Å²) >= 11 is 0. The second-order valence-corrected chi connectivity index (χ2v) is 5.59. The summed E-state index contributed by atoms with van der Waals surface area (Å²) < 4.78 is 1.49. The van der Waals surface area contributed by atoms with E-state index in [9.17, 15) is 9.59 Å². The van der Waals surface area contributed by atoms with Crippen LogP contribution in [-0.2, 0) is 0 Å². The molecule has 3 heteroatoms. The van der Waals surface area contributed by atoms with Gasteiger partial charge in [0.25, 0.3) is 5.91 Å². The molecule has 100 valence electrons. The van der Waals surface area contributed by atoms with Gasteiger partial charge in [-0.25, -0.2) is 0 Å². The van der Waals surface area contributed by atoms with Crippen molar-refractivity contribution in [1.82, 2.24) is 4.57 Å². The summed E-state index contributed by atoms with van der Waals surface area (Å²) in [6, 6.07) is 9.05. The van der Waals surface area contributed by atoms with Gasteiger partial charge in [-0.15, -0.1) is 0 Å². The first kappa shape index (κ1) is 12.6. The van der Waals surface area contributed by atoms with E-state index in [1.165, 1.54) is 4.57 Å². The van der Waals surface area contributed by atoms with Crippen LogP contribution in [0, 0.1) is 5.41 Å². The van der Waals surface area contributed by atoms with Gasteiger partial charge in [-0.05, 0) is 26.0 Å². The first-order valence-electron chi connectivity index (χ1n) is 6.55. The maximum Gasteiger partial charge on any atom is 0.261 e. The number of carbonyl (C=O) groups excluding carboxylic acids is 2. The third kappa shape index (κ3) is 1.92. The van der Waals surface area contributed by atoms with Crippen molar-refractivity contribution in [3.63, 3.8) is 0 Å². The first-order chi connectivity index (χ1) is 9.49. The minimum atomic E-state index is -0.505. The number of nitrogens with zero attached hydrogens (tertiary/aromatic N) is 1. The molecule has 0 saturated carbocycles. The maximum atomic E-state index is 12.4. The number of allylic oxidation sites excluding steroid dienone is 1. The van der Waals surface area contributed by atoms with Crippen LogP contribution in [0.1, 0.15) is 40.1 Å². The average molecular weight is 265 g/mol. The Kier molecular flexibility index (Phi) is 2.71. The van der Waals surface area contributed by atoms with Crippen molar-refractivity contribution >= 4 is 17.8 Å². The van der Waals surface area contributed by atoms with Crippen molar-refractivity contribution in [2.24, 2.45) is 5.41 Å². The molecule has 0 fully saturated rings. The number of fused-ring (bicyclic) bond motifs is 1. The zero-order valence-corrected chi connectivity index (χ0v) is 11.5. The fourth-order valence-corrected chi connectivity index (χ4v) is 2.36. The Labute approximate surface area is 117 Å². The lowest BCUT2D eigenvalue weighted by molar-refractivity contribution is 0.0883. The van der Waals surface area contributed by atoms with Gasteiger partial charge in [0.1, 0.15) is 0 Å². The molecule has 1 aromatic heterocycles. The molecule has 20 heavy (non-hydrogen) atoms. The van der Waals surface area contributed by atoms with Gasteiger partial charge in [-0.2, -0.15) is 0 Å². The lowest BCUT2D eigenvalue weighted by Crippen LogP contribution is -2.24. The summed E-state index contributed by atoms with van der Waals surface area (Å²) in [6.07, 6.45) is 7.15. The van der Waals surface area contributed by atoms with Gasteiger partial charge in [-0.1, -0.05) is 30.4 Å². The SMILES string of the molecule is CC1(C)C=Cc2cn(C(=O)c3ccccc3)cc2C1=O. The van der Waals surface area contributed by atoms with E-state index in [4.69, 9.17) is 0 Å². The minimum absolute atomic E-state index is 0.0506. The largest absolute Gasteiger partial charge is 0.293 e. The smallest absolute Gasteiger partial charge is 0.261 e. The van der Waals surface area contributed by atoms with Crippen molar-refractivity contribution in [3.05, 3.63) is 65.5 Å². The van der Waals surface area contributed by atoms with E-state index in [0.717, 1.165) is 5.56 Å². The molecule has 1 aromatic carbocycles. The molecule has 0 amide bonds. The number of hydrogen-bond donors (Lipinski definition) is 0. The van der Waals surface area contributed by atoms with Gasteiger partial charge in [-0.3, -0.25) is 14.2 Å². The Bertz CT molecular complexity index is 721. The Balaban J connectivity index is 2.02. The molecule has 3 nitrogen and oxygen atoms in total. The lowest BCUT2D eigenvalue weighted by Gasteiger charge is -2.21. The number of carbonyl (C=O) groups is 2. The number of Topliss-reactive ketones (excluding diaryl/α,β-unsaturated/α-hetero) is 1. The van der Waals surface area contributed by atoms with E-state index >= 15 is 0 Å². The fourth-order valence-electron chi connectivity index (χ4n) is 2.36. The molecule has 0 aliphatic heterocycles. The van der Waals surface area contributed by atoms with E-state index < -0.39 is 5.41 Å². The lowest BCUT2D eigenvalue weighted by atomic mass is 9.80. The second kappa shape index (κ2) is 4.30. The van der Waals surface area contributed by atoms with Gasteiger partial charge in [0.05, 0.1) is 0 Å². The fraction of sp³-hybridized carbons (Fsp3) is 0.176. The number of aromatic nitrogens is 1. The van der Waals surface area contributed by atoms with E-state index in [0.29, 0.717) is 11.1 Å². The van der Waals surface area contributed by atoms with Crippen molar-refractivity contribution in [1.29, 1.82) is 0 Å². The highest BCUT2D eigenvalue weighted by Gasteiger charge is 2.32. The Hall–Kier alpha value is -2.42. The summed E-state index contributed by atoms with van der Waals surface area (Å²) in [5.41, 5.74) is 1.52. The van der Waals surface area contributed by atoms with Crippen LogP contribution in [0.2, 0.25) is 0 Å². The third-order valence-electron chi connectivity index (χ3n) is 3.62. The van der Waals surface area contributed by atoms with Crippen LogP contribution in [0.4, 0.5) is 0 Å². The van der Waals surface area contributed by atoms with Crippen molar-refractivity contribution < 1.29 is 9.59 Å². The molecule has 0 bridgehead atoms. The van der Waals surface area contributed by atoms with Crippen LogP contribution in [0.25, 0.3) is 6.08 Å². The zero-order chi connectivity index (χ0) is 14.3. The second-order valence-electron chi connectivity index (χ2n) is 5.59. The van der Waals surface area contributed by atoms with Gasteiger partial charge >= 0.3 is 0 Å². The summed E-state index contributed by atoms with van der Waals surface area (Å²) in [6.45, 7) is 3.76.